The lowest BCUT2D eigenvalue weighted by atomic mass is 9.86. The maximum atomic E-state index is 13.2. The van der Waals surface area contributed by atoms with E-state index in [1.807, 2.05) is 93.6 Å². The molecular weight excluding hydrogens is 506 g/mol. The second-order valence-corrected chi connectivity index (χ2v) is 10.4. The molecule has 0 fully saturated rings. The predicted octanol–water partition coefficient (Wildman–Crippen LogP) is 6.05. The van der Waals surface area contributed by atoms with Crippen molar-refractivity contribution in [2.75, 3.05) is 19.1 Å². The molecule has 1 amide bonds. The predicted molar refractivity (Wildman–Crippen MR) is 154 cm³/mol. The third-order valence-corrected chi connectivity index (χ3v) is 6.58. The van der Waals surface area contributed by atoms with E-state index in [0.29, 0.717) is 23.7 Å². The molecule has 208 valence electrons. The van der Waals surface area contributed by atoms with Crippen LogP contribution < -0.4 is 19.1 Å². The van der Waals surface area contributed by atoms with Gasteiger partial charge in [0.2, 0.25) is 0 Å². The van der Waals surface area contributed by atoms with Gasteiger partial charge in [-0.3, -0.25) is 4.90 Å². The number of aromatic nitrogens is 2. The Bertz CT molecular complexity index is 1400. The number of carbonyl (C=O) groups is 1. The Balaban J connectivity index is 1.65. The molecule has 0 aliphatic carbocycles. The van der Waals surface area contributed by atoms with Crippen LogP contribution in [-0.4, -0.2) is 30.8 Å². The van der Waals surface area contributed by atoms with Crippen molar-refractivity contribution in [3.8, 4) is 11.5 Å². The number of anilines is 1. The van der Waals surface area contributed by atoms with Crippen molar-refractivity contribution in [1.29, 1.82) is 0 Å². The molecule has 0 bridgehead atoms. The van der Waals surface area contributed by atoms with E-state index in [1.54, 1.807) is 25.3 Å². The minimum absolute atomic E-state index is 0.100. The third kappa shape index (κ3) is 6.88. The van der Waals surface area contributed by atoms with E-state index in [9.17, 15) is 10.0 Å². The number of nitrogens with zero attached hydrogens (tertiary/aromatic N) is 3. The zero-order chi connectivity index (χ0) is 28.7. The number of hydrogen-bond donors (Lipinski definition) is 0. The molecule has 0 aliphatic heterocycles. The molecule has 0 spiro atoms. The Morgan fingerprint density at radius 1 is 0.900 bits per heavy atom. The highest BCUT2D eigenvalue weighted by Crippen LogP contribution is 2.35. The van der Waals surface area contributed by atoms with Gasteiger partial charge in [0, 0.05) is 29.8 Å². The average Bonchev–Trinajstić information content (AvgIpc) is 2.96. The minimum Gasteiger partial charge on any atom is -0.619 e. The Morgan fingerprint density at radius 2 is 1.57 bits per heavy atom. The van der Waals surface area contributed by atoms with Crippen molar-refractivity contribution < 1.29 is 23.7 Å². The molecule has 1 atom stereocenters. The number of amides is 1. The maximum Gasteiger partial charge on any atom is 0.416 e. The molecule has 0 saturated heterocycles. The van der Waals surface area contributed by atoms with Crippen LogP contribution >= 0.6 is 0 Å². The molecule has 2 heterocycles. The van der Waals surface area contributed by atoms with E-state index >= 15 is 0 Å². The maximum absolute atomic E-state index is 13.2. The highest BCUT2D eigenvalue weighted by atomic mass is 16.6. The van der Waals surface area contributed by atoms with Gasteiger partial charge in [-0.2, -0.15) is 4.73 Å². The van der Waals surface area contributed by atoms with Crippen LogP contribution in [0.1, 0.15) is 48.9 Å². The van der Waals surface area contributed by atoms with E-state index in [2.05, 4.69) is 0 Å². The number of rotatable bonds is 9. The summed E-state index contributed by atoms with van der Waals surface area (Å²) in [5, 5.41) is 11.6. The average molecular weight is 542 g/mol. The van der Waals surface area contributed by atoms with Gasteiger partial charge < -0.3 is 19.4 Å². The lowest BCUT2D eigenvalue weighted by molar-refractivity contribution is -0.605. The molecule has 0 N–H and O–H groups in total. The van der Waals surface area contributed by atoms with Crippen LogP contribution in [0.15, 0.2) is 91.4 Å². The summed E-state index contributed by atoms with van der Waals surface area (Å²) in [6, 6.07) is 22.8. The molecule has 0 saturated carbocycles. The molecule has 4 rings (SSSR count). The number of pyridine rings is 2. The van der Waals surface area contributed by atoms with Crippen molar-refractivity contribution in [3.63, 3.8) is 0 Å². The van der Waals surface area contributed by atoms with Gasteiger partial charge in [-0.05, 0) is 67.6 Å². The first kappa shape index (κ1) is 28.4. The third-order valence-electron chi connectivity index (χ3n) is 6.58. The molecule has 2 aromatic carbocycles. The van der Waals surface area contributed by atoms with E-state index in [-0.39, 0.29) is 12.5 Å². The second-order valence-electron chi connectivity index (χ2n) is 10.4. The van der Waals surface area contributed by atoms with Crippen molar-refractivity contribution in [2.45, 2.75) is 45.3 Å². The van der Waals surface area contributed by atoms with Gasteiger partial charge in [-0.1, -0.05) is 42.5 Å². The summed E-state index contributed by atoms with van der Waals surface area (Å²) in [5.41, 5.74) is 3.29. The number of methoxy groups -OCH3 is 2. The van der Waals surface area contributed by atoms with Crippen molar-refractivity contribution >= 4 is 11.9 Å². The van der Waals surface area contributed by atoms with Crippen LogP contribution in [0.5, 0.6) is 11.5 Å². The highest BCUT2D eigenvalue weighted by Gasteiger charge is 2.31. The van der Waals surface area contributed by atoms with Gasteiger partial charge in [-0.25, -0.2) is 9.78 Å². The molecule has 2 aromatic heterocycles. The van der Waals surface area contributed by atoms with Gasteiger partial charge in [0.05, 0.1) is 14.2 Å². The lowest BCUT2D eigenvalue weighted by Gasteiger charge is -2.34. The monoisotopic (exact) mass is 541 g/mol. The van der Waals surface area contributed by atoms with Crippen molar-refractivity contribution in [2.24, 2.45) is 0 Å². The number of benzene rings is 2. The van der Waals surface area contributed by atoms with Gasteiger partial charge >= 0.3 is 6.09 Å². The standard InChI is InChI=1S/C32H35N3O5/c1-32(2,3)35(31(36)40-22-24-9-7-6-8-10-24)30-14-12-26(21-33-30)27(19-23-15-17-34(37)18-16-23)25-11-13-28(38-4)29(20-25)39-5/h6-18,20-21,27H,19,22H2,1-5H3. The topological polar surface area (TPSA) is 87.8 Å². The summed E-state index contributed by atoms with van der Waals surface area (Å²) < 4.78 is 17.4. The Hall–Kier alpha value is -4.59. The first-order chi connectivity index (χ1) is 19.2. The normalized spacial score (nSPS) is 11.9. The summed E-state index contributed by atoms with van der Waals surface area (Å²) in [6.07, 6.45) is 4.92. The molecular formula is C32H35N3O5. The van der Waals surface area contributed by atoms with Crippen molar-refractivity contribution in [3.05, 3.63) is 119 Å². The summed E-state index contributed by atoms with van der Waals surface area (Å²) in [4.78, 5) is 19.5. The van der Waals surface area contributed by atoms with E-state index in [0.717, 1.165) is 27.0 Å². The zero-order valence-corrected chi connectivity index (χ0v) is 23.5. The Morgan fingerprint density at radius 3 is 2.17 bits per heavy atom. The second kappa shape index (κ2) is 12.5. The van der Waals surface area contributed by atoms with Gasteiger partial charge in [0.25, 0.3) is 0 Å². The fourth-order valence-corrected chi connectivity index (χ4v) is 4.54. The highest BCUT2D eigenvalue weighted by molar-refractivity contribution is 5.87. The van der Waals surface area contributed by atoms with Gasteiger partial charge in [0.1, 0.15) is 12.4 Å². The first-order valence-electron chi connectivity index (χ1n) is 13.1. The smallest absolute Gasteiger partial charge is 0.416 e. The van der Waals surface area contributed by atoms with Crippen LogP contribution in [0.25, 0.3) is 0 Å². The number of hydrogen-bond acceptors (Lipinski definition) is 6. The quantitative estimate of drug-likeness (QED) is 0.189. The summed E-state index contributed by atoms with van der Waals surface area (Å²) in [6.45, 7) is 6.00. The van der Waals surface area contributed by atoms with E-state index < -0.39 is 11.6 Å². The minimum atomic E-state index is -0.567. The molecule has 0 aliphatic rings. The Kier molecular flexibility index (Phi) is 8.89. The van der Waals surface area contributed by atoms with Crippen LogP contribution in [-0.2, 0) is 17.8 Å². The summed E-state index contributed by atoms with van der Waals surface area (Å²) in [7, 11) is 3.21. The number of carbonyl (C=O) groups excluding carboxylic acids is 1. The number of ether oxygens (including phenoxy) is 3. The molecule has 40 heavy (non-hydrogen) atoms. The van der Waals surface area contributed by atoms with Crippen LogP contribution in [0.3, 0.4) is 0 Å². The zero-order valence-electron chi connectivity index (χ0n) is 23.5. The van der Waals surface area contributed by atoms with Crippen LogP contribution in [0.4, 0.5) is 10.6 Å². The lowest BCUT2D eigenvalue weighted by Crippen LogP contribution is -2.46. The van der Waals surface area contributed by atoms with Gasteiger partial charge in [0.15, 0.2) is 23.9 Å². The molecule has 4 aromatic rings. The largest absolute Gasteiger partial charge is 0.619 e. The SMILES string of the molecule is COc1ccc(C(Cc2cc[n+]([O-])cc2)c2ccc(N(C(=O)OCc3ccccc3)C(C)(C)C)nc2)cc1OC. The fraction of sp³-hybridized carbons (Fsp3) is 0.281. The molecule has 0 radical (unpaired) electrons. The van der Waals surface area contributed by atoms with Crippen LogP contribution in [0.2, 0.25) is 0 Å². The van der Waals surface area contributed by atoms with E-state index in [1.165, 1.54) is 12.4 Å². The first-order valence-corrected chi connectivity index (χ1v) is 13.1. The summed E-state index contributed by atoms with van der Waals surface area (Å²) >= 11 is 0. The molecule has 1 unspecified atom stereocenters. The fourth-order valence-electron chi connectivity index (χ4n) is 4.54. The van der Waals surface area contributed by atoms with E-state index in [4.69, 9.17) is 19.2 Å². The Labute approximate surface area is 235 Å². The van der Waals surface area contributed by atoms with Crippen molar-refractivity contribution in [1.82, 2.24) is 4.98 Å². The van der Waals surface area contributed by atoms with Crippen LogP contribution in [0, 0.1) is 5.21 Å². The van der Waals surface area contributed by atoms with Gasteiger partial charge in [-0.15, -0.1) is 0 Å². The summed E-state index contributed by atoms with van der Waals surface area (Å²) in [5.74, 6) is 1.66. The molecule has 8 nitrogen and oxygen atoms in total. The molecule has 8 heteroatoms.